The Balaban J connectivity index is 2.16. The minimum atomic E-state index is -4.84. The van der Waals surface area contributed by atoms with Gasteiger partial charge in [-0.3, -0.25) is 9.59 Å². The van der Waals surface area contributed by atoms with E-state index in [1.54, 1.807) is 23.8 Å². The lowest BCUT2D eigenvalue weighted by molar-refractivity contribution is -0.0605. The Labute approximate surface area is 147 Å². The molecule has 0 aromatic carbocycles. The van der Waals surface area contributed by atoms with E-state index in [0.29, 0.717) is 5.56 Å². The summed E-state index contributed by atoms with van der Waals surface area (Å²) in [6, 6.07) is 2.99. The highest BCUT2D eigenvalue weighted by Crippen LogP contribution is 2.27. The maximum Gasteiger partial charge on any atom is 0.431 e. The summed E-state index contributed by atoms with van der Waals surface area (Å²) < 4.78 is 39.0. The largest absolute Gasteiger partial charge is 0.431 e. The van der Waals surface area contributed by atoms with Gasteiger partial charge in [-0.25, -0.2) is 5.43 Å². The fraction of sp³-hybridized carbons (Fsp3) is 0.214. The van der Waals surface area contributed by atoms with Crippen molar-refractivity contribution in [1.29, 1.82) is 0 Å². The van der Waals surface area contributed by atoms with E-state index < -0.39 is 30.0 Å². The molecule has 128 valence electrons. The monoisotopic (exact) mass is 394 g/mol. The van der Waals surface area contributed by atoms with Crippen LogP contribution in [0.5, 0.6) is 0 Å². The molecular weight excluding hydrogens is 385 g/mol. The van der Waals surface area contributed by atoms with Gasteiger partial charge in [0.05, 0.1) is 16.3 Å². The van der Waals surface area contributed by atoms with Gasteiger partial charge in [0, 0.05) is 0 Å². The molecule has 1 N–H and O–H groups in total. The number of aryl methyl sites for hydroxylation is 1. The average Bonchev–Trinajstić information content (AvgIpc) is 3.13. The second-order valence-corrected chi connectivity index (χ2v) is 6.84. The Bertz CT molecular complexity index is 783. The van der Waals surface area contributed by atoms with Gasteiger partial charge < -0.3 is 0 Å². The lowest BCUT2D eigenvalue weighted by Gasteiger charge is -2.09. The molecule has 2 rings (SSSR count). The van der Waals surface area contributed by atoms with Gasteiger partial charge >= 0.3 is 6.18 Å². The molecule has 0 saturated heterocycles. The van der Waals surface area contributed by atoms with Crippen LogP contribution in [0.15, 0.2) is 28.0 Å². The Kier molecular flexibility index (Phi) is 5.79. The average molecular weight is 395 g/mol. The van der Waals surface area contributed by atoms with E-state index in [1.165, 1.54) is 6.07 Å². The van der Waals surface area contributed by atoms with E-state index in [-0.39, 0.29) is 14.8 Å². The fourth-order valence-electron chi connectivity index (χ4n) is 1.63. The minimum absolute atomic E-state index is 0.0593. The van der Waals surface area contributed by atoms with Gasteiger partial charge in [0.25, 0.3) is 5.91 Å². The van der Waals surface area contributed by atoms with Gasteiger partial charge in [-0.05, 0) is 29.3 Å². The molecule has 0 radical (unpaired) electrons. The van der Waals surface area contributed by atoms with Crippen LogP contribution in [-0.4, -0.2) is 23.6 Å². The van der Waals surface area contributed by atoms with E-state index in [0.717, 1.165) is 22.7 Å². The maximum atomic E-state index is 13.0. The molecule has 0 atom stereocenters. The molecule has 4 nitrogen and oxygen atoms in total. The molecule has 0 fully saturated rings. The second kappa shape index (κ2) is 7.45. The van der Waals surface area contributed by atoms with Gasteiger partial charge in [-0.15, -0.1) is 22.7 Å². The fourth-order valence-corrected chi connectivity index (χ4v) is 3.46. The highest BCUT2D eigenvalue weighted by Gasteiger charge is 2.37. The van der Waals surface area contributed by atoms with Gasteiger partial charge in [0.15, 0.2) is 5.78 Å². The topological polar surface area (TPSA) is 58.5 Å². The number of hydrogen-bond donors (Lipinski definition) is 1. The number of thiophene rings is 2. The van der Waals surface area contributed by atoms with Crippen molar-refractivity contribution in [2.45, 2.75) is 19.5 Å². The summed E-state index contributed by atoms with van der Waals surface area (Å²) in [5.74, 6) is -1.58. The first-order chi connectivity index (χ1) is 11.2. The number of alkyl halides is 3. The van der Waals surface area contributed by atoms with Gasteiger partial charge in [0.1, 0.15) is 10.6 Å². The SMILES string of the molecule is Cc1csc(C(=O)N/N=C(/CC(=O)c2cccs2)C(F)(F)F)c1Cl. The number of amides is 1. The Morgan fingerprint density at radius 1 is 1.33 bits per heavy atom. The summed E-state index contributed by atoms with van der Waals surface area (Å²) in [6.45, 7) is 1.67. The number of rotatable bonds is 5. The first-order valence-electron chi connectivity index (χ1n) is 6.44. The molecule has 10 heteroatoms. The number of hydrazone groups is 1. The number of carbonyl (C=O) groups is 2. The van der Waals surface area contributed by atoms with Crippen molar-refractivity contribution in [1.82, 2.24) is 5.43 Å². The van der Waals surface area contributed by atoms with Crippen LogP contribution >= 0.6 is 34.3 Å². The maximum absolute atomic E-state index is 13.0. The minimum Gasteiger partial charge on any atom is -0.293 e. The summed E-state index contributed by atoms with van der Waals surface area (Å²) in [4.78, 5) is 24.0. The van der Waals surface area contributed by atoms with E-state index in [1.807, 2.05) is 5.43 Å². The predicted molar refractivity (Wildman–Crippen MR) is 88.3 cm³/mol. The van der Waals surface area contributed by atoms with Gasteiger partial charge in [-0.2, -0.15) is 18.3 Å². The smallest absolute Gasteiger partial charge is 0.293 e. The molecule has 1 amide bonds. The molecule has 24 heavy (non-hydrogen) atoms. The van der Waals surface area contributed by atoms with Crippen molar-refractivity contribution < 1.29 is 22.8 Å². The van der Waals surface area contributed by atoms with Crippen LogP contribution in [-0.2, 0) is 0 Å². The van der Waals surface area contributed by atoms with E-state index in [2.05, 4.69) is 5.10 Å². The molecule has 2 heterocycles. The van der Waals surface area contributed by atoms with Crippen molar-refractivity contribution in [2.24, 2.45) is 5.10 Å². The molecule has 0 aliphatic rings. The van der Waals surface area contributed by atoms with Crippen LogP contribution < -0.4 is 5.43 Å². The van der Waals surface area contributed by atoms with E-state index in [4.69, 9.17) is 11.6 Å². The lowest BCUT2D eigenvalue weighted by atomic mass is 10.1. The van der Waals surface area contributed by atoms with Crippen molar-refractivity contribution >= 4 is 51.7 Å². The molecule has 0 unspecified atom stereocenters. The first kappa shape index (κ1) is 18.6. The standard InChI is InChI=1S/C14H10ClF3N2O2S2/c1-7-6-24-12(11(7)15)13(22)20-19-10(14(16,17)18)5-8(21)9-3-2-4-23-9/h2-4,6H,5H2,1H3,(H,20,22)/b19-10-. The van der Waals surface area contributed by atoms with Crippen LogP contribution in [0.4, 0.5) is 13.2 Å². The first-order valence-corrected chi connectivity index (χ1v) is 8.58. The molecule has 0 saturated carbocycles. The zero-order chi connectivity index (χ0) is 17.9. The summed E-state index contributed by atoms with van der Waals surface area (Å²) in [5, 5.41) is 6.45. The lowest BCUT2D eigenvalue weighted by Crippen LogP contribution is -2.30. The number of nitrogens with zero attached hydrogens (tertiary/aromatic N) is 1. The molecular formula is C14H10ClF3N2O2S2. The molecule has 0 aliphatic carbocycles. The molecule has 2 aromatic heterocycles. The van der Waals surface area contributed by atoms with Gasteiger partial charge in [-0.1, -0.05) is 17.7 Å². The van der Waals surface area contributed by atoms with Crippen LogP contribution in [0.1, 0.15) is 31.3 Å². The predicted octanol–water partition coefficient (Wildman–Crippen LogP) is 4.69. The quantitative estimate of drug-likeness (QED) is 0.454. The third kappa shape index (κ3) is 4.43. The summed E-state index contributed by atoms with van der Waals surface area (Å²) >= 11 is 7.92. The zero-order valence-corrected chi connectivity index (χ0v) is 14.5. The Hall–Kier alpha value is -1.71. The van der Waals surface area contributed by atoms with E-state index >= 15 is 0 Å². The molecule has 2 aromatic rings. The number of carbonyl (C=O) groups excluding carboxylic acids is 2. The van der Waals surface area contributed by atoms with Crippen LogP contribution in [0.25, 0.3) is 0 Å². The van der Waals surface area contributed by atoms with E-state index in [9.17, 15) is 22.8 Å². The van der Waals surface area contributed by atoms with Crippen molar-refractivity contribution in [3.05, 3.63) is 43.2 Å². The summed E-state index contributed by atoms with van der Waals surface area (Å²) in [7, 11) is 0. The number of halogens is 4. The van der Waals surface area contributed by atoms with Crippen LogP contribution in [0.3, 0.4) is 0 Å². The van der Waals surface area contributed by atoms with Crippen LogP contribution in [0.2, 0.25) is 5.02 Å². The Morgan fingerprint density at radius 2 is 2.04 bits per heavy atom. The third-order valence-electron chi connectivity index (χ3n) is 2.85. The third-order valence-corrected chi connectivity index (χ3v) is 5.46. The normalized spacial score (nSPS) is 12.3. The number of hydrogen-bond acceptors (Lipinski definition) is 5. The number of nitrogens with one attached hydrogen (secondary N) is 1. The van der Waals surface area contributed by atoms with Crippen molar-refractivity contribution in [3.63, 3.8) is 0 Å². The number of Topliss-reactive ketones (excluding diaryl/α,β-unsaturated/α-hetero) is 1. The highest BCUT2D eigenvalue weighted by atomic mass is 35.5. The van der Waals surface area contributed by atoms with Crippen molar-refractivity contribution in [3.8, 4) is 0 Å². The highest BCUT2D eigenvalue weighted by molar-refractivity contribution is 7.13. The van der Waals surface area contributed by atoms with Gasteiger partial charge in [0.2, 0.25) is 0 Å². The molecule has 0 bridgehead atoms. The molecule has 0 spiro atoms. The Morgan fingerprint density at radius 3 is 2.54 bits per heavy atom. The second-order valence-electron chi connectivity index (χ2n) is 4.64. The van der Waals surface area contributed by atoms with Crippen LogP contribution in [0, 0.1) is 6.92 Å². The molecule has 0 aliphatic heterocycles. The summed E-state index contributed by atoms with van der Waals surface area (Å²) in [6.07, 6.45) is -5.79. The number of ketones is 1. The zero-order valence-electron chi connectivity index (χ0n) is 12.1. The summed E-state index contributed by atoms with van der Waals surface area (Å²) in [5.41, 5.74) is 1.08. The van der Waals surface area contributed by atoms with Crippen molar-refractivity contribution in [2.75, 3.05) is 0 Å².